The van der Waals surface area contributed by atoms with Gasteiger partial charge in [0, 0.05) is 23.7 Å². The van der Waals surface area contributed by atoms with Crippen molar-refractivity contribution in [3.63, 3.8) is 0 Å². The van der Waals surface area contributed by atoms with Gasteiger partial charge in [-0.15, -0.1) is 0 Å². The maximum absolute atomic E-state index is 12.4. The number of amides is 1. The fraction of sp³-hybridized carbons (Fsp3) is 0.100. The van der Waals surface area contributed by atoms with Crippen molar-refractivity contribution in [3.05, 3.63) is 84.1 Å². The Morgan fingerprint density at radius 1 is 1.07 bits per heavy atom. The molecule has 0 radical (unpaired) electrons. The first-order valence-corrected chi connectivity index (χ1v) is 8.51. The van der Waals surface area contributed by atoms with Crippen molar-refractivity contribution in [3.8, 4) is 11.5 Å². The Morgan fingerprint density at radius 2 is 1.89 bits per heavy atom. The number of benzene rings is 1. The van der Waals surface area contributed by atoms with Crippen molar-refractivity contribution < 1.29 is 4.79 Å². The SMILES string of the molecule is Cc1cc(C)n(-c2ccc(NC(=O)c3ccc(-n4cccn4)cc3)cn2)n1. The minimum Gasteiger partial charge on any atom is -0.321 e. The number of rotatable bonds is 4. The Labute approximate surface area is 156 Å². The van der Waals surface area contributed by atoms with E-state index in [1.807, 2.05) is 56.4 Å². The number of carbonyl (C=O) groups excluding carboxylic acids is 1. The van der Waals surface area contributed by atoms with Gasteiger partial charge in [0.05, 0.1) is 23.3 Å². The van der Waals surface area contributed by atoms with Crippen LogP contribution < -0.4 is 5.32 Å². The second-order valence-electron chi connectivity index (χ2n) is 6.20. The molecule has 0 saturated heterocycles. The smallest absolute Gasteiger partial charge is 0.255 e. The third kappa shape index (κ3) is 3.48. The Morgan fingerprint density at radius 3 is 2.48 bits per heavy atom. The Balaban J connectivity index is 1.47. The summed E-state index contributed by atoms with van der Waals surface area (Å²) in [6.07, 6.45) is 5.19. The summed E-state index contributed by atoms with van der Waals surface area (Å²) < 4.78 is 3.51. The largest absolute Gasteiger partial charge is 0.321 e. The van der Waals surface area contributed by atoms with Crippen LogP contribution in [0.25, 0.3) is 11.5 Å². The molecule has 134 valence electrons. The average Bonchev–Trinajstić information content (AvgIpc) is 3.32. The number of anilines is 1. The number of hydrogen-bond acceptors (Lipinski definition) is 4. The molecule has 0 aliphatic heterocycles. The zero-order valence-corrected chi connectivity index (χ0v) is 15.0. The molecule has 1 amide bonds. The highest BCUT2D eigenvalue weighted by atomic mass is 16.1. The van der Waals surface area contributed by atoms with Crippen LogP contribution >= 0.6 is 0 Å². The molecule has 3 heterocycles. The Hall–Kier alpha value is -3.74. The van der Waals surface area contributed by atoms with Crippen LogP contribution in [-0.2, 0) is 0 Å². The van der Waals surface area contributed by atoms with Gasteiger partial charge < -0.3 is 5.32 Å². The molecule has 1 N–H and O–H groups in total. The van der Waals surface area contributed by atoms with Crippen LogP contribution in [0.2, 0.25) is 0 Å². The first-order chi connectivity index (χ1) is 13.1. The van der Waals surface area contributed by atoms with E-state index < -0.39 is 0 Å². The molecule has 0 bridgehead atoms. The monoisotopic (exact) mass is 358 g/mol. The molecule has 0 aliphatic carbocycles. The van der Waals surface area contributed by atoms with Crippen LogP contribution in [0.3, 0.4) is 0 Å². The van der Waals surface area contributed by atoms with Gasteiger partial charge in [-0.2, -0.15) is 10.2 Å². The molecule has 27 heavy (non-hydrogen) atoms. The topological polar surface area (TPSA) is 77.6 Å². The molecule has 0 aliphatic rings. The van der Waals surface area contributed by atoms with Crippen molar-refractivity contribution in [1.29, 1.82) is 0 Å². The van der Waals surface area contributed by atoms with E-state index in [-0.39, 0.29) is 5.91 Å². The normalized spacial score (nSPS) is 10.7. The molecule has 4 aromatic rings. The van der Waals surface area contributed by atoms with Gasteiger partial charge in [0.25, 0.3) is 5.91 Å². The molecule has 1 aromatic carbocycles. The van der Waals surface area contributed by atoms with E-state index in [2.05, 4.69) is 20.5 Å². The molecule has 0 fully saturated rings. The van der Waals surface area contributed by atoms with Crippen molar-refractivity contribution >= 4 is 11.6 Å². The fourth-order valence-electron chi connectivity index (χ4n) is 2.84. The highest BCUT2D eigenvalue weighted by Gasteiger charge is 2.09. The molecule has 7 heteroatoms. The highest BCUT2D eigenvalue weighted by molar-refractivity contribution is 6.04. The van der Waals surface area contributed by atoms with Crippen molar-refractivity contribution in [1.82, 2.24) is 24.5 Å². The maximum atomic E-state index is 12.4. The molecular weight excluding hydrogens is 340 g/mol. The predicted octanol–water partition coefficient (Wildman–Crippen LogP) is 3.32. The summed E-state index contributed by atoms with van der Waals surface area (Å²) in [6, 6.07) is 14.7. The molecule has 3 aromatic heterocycles. The molecule has 4 rings (SSSR count). The van der Waals surface area contributed by atoms with Crippen LogP contribution in [0.15, 0.2) is 67.1 Å². The predicted molar refractivity (Wildman–Crippen MR) is 102 cm³/mol. The van der Waals surface area contributed by atoms with Gasteiger partial charge in [0.1, 0.15) is 0 Å². The van der Waals surface area contributed by atoms with Gasteiger partial charge in [-0.3, -0.25) is 4.79 Å². The third-order valence-electron chi connectivity index (χ3n) is 4.13. The van der Waals surface area contributed by atoms with E-state index in [1.54, 1.807) is 33.9 Å². The van der Waals surface area contributed by atoms with Crippen molar-refractivity contribution in [2.75, 3.05) is 5.32 Å². The van der Waals surface area contributed by atoms with Gasteiger partial charge >= 0.3 is 0 Å². The van der Waals surface area contributed by atoms with E-state index in [9.17, 15) is 4.79 Å². The summed E-state index contributed by atoms with van der Waals surface area (Å²) in [5.41, 5.74) is 4.03. The lowest BCUT2D eigenvalue weighted by Gasteiger charge is -2.08. The summed E-state index contributed by atoms with van der Waals surface area (Å²) in [6.45, 7) is 3.92. The number of aromatic nitrogens is 5. The summed E-state index contributed by atoms with van der Waals surface area (Å²) in [7, 11) is 0. The molecule has 7 nitrogen and oxygen atoms in total. The van der Waals surface area contributed by atoms with E-state index in [4.69, 9.17) is 0 Å². The highest BCUT2D eigenvalue weighted by Crippen LogP contribution is 2.14. The lowest BCUT2D eigenvalue weighted by Crippen LogP contribution is -2.12. The zero-order chi connectivity index (χ0) is 18.8. The van der Waals surface area contributed by atoms with Crippen molar-refractivity contribution in [2.45, 2.75) is 13.8 Å². The number of aryl methyl sites for hydroxylation is 2. The molecule has 0 unspecified atom stereocenters. The first kappa shape index (κ1) is 16.7. The maximum Gasteiger partial charge on any atom is 0.255 e. The number of nitrogens with zero attached hydrogens (tertiary/aromatic N) is 5. The van der Waals surface area contributed by atoms with E-state index in [0.29, 0.717) is 17.1 Å². The van der Waals surface area contributed by atoms with E-state index in [1.165, 1.54) is 0 Å². The Kier molecular flexibility index (Phi) is 4.25. The summed E-state index contributed by atoms with van der Waals surface area (Å²) in [4.78, 5) is 16.8. The minimum absolute atomic E-state index is 0.192. The van der Waals surface area contributed by atoms with Crippen LogP contribution in [0, 0.1) is 13.8 Å². The zero-order valence-electron chi connectivity index (χ0n) is 15.0. The van der Waals surface area contributed by atoms with Crippen LogP contribution in [-0.4, -0.2) is 30.5 Å². The van der Waals surface area contributed by atoms with E-state index in [0.717, 1.165) is 17.1 Å². The Bertz CT molecular complexity index is 1060. The quantitative estimate of drug-likeness (QED) is 0.607. The van der Waals surface area contributed by atoms with Crippen LogP contribution in [0.5, 0.6) is 0 Å². The third-order valence-corrected chi connectivity index (χ3v) is 4.13. The van der Waals surface area contributed by atoms with E-state index >= 15 is 0 Å². The van der Waals surface area contributed by atoms with Gasteiger partial charge in [0.2, 0.25) is 0 Å². The first-order valence-electron chi connectivity index (χ1n) is 8.51. The molecular formula is C20H18N6O. The molecule has 0 saturated carbocycles. The summed E-state index contributed by atoms with van der Waals surface area (Å²) in [5.74, 6) is 0.518. The van der Waals surface area contributed by atoms with Crippen LogP contribution in [0.1, 0.15) is 21.7 Å². The van der Waals surface area contributed by atoms with Gasteiger partial charge in [0.15, 0.2) is 5.82 Å². The van der Waals surface area contributed by atoms with Crippen molar-refractivity contribution in [2.24, 2.45) is 0 Å². The summed E-state index contributed by atoms with van der Waals surface area (Å²) >= 11 is 0. The average molecular weight is 358 g/mol. The van der Waals surface area contributed by atoms with Gasteiger partial charge in [-0.25, -0.2) is 14.3 Å². The fourth-order valence-corrected chi connectivity index (χ4v) is 2.84. The van der Waals surface area contributed by atoms with Crippen LogP contribution in [0.4, 0.5) is 5.69 Å². The van der Waals surface area contributed by atoms with Gasteiger partial charge in [-0.05, 0) is 62.4 Å². The molecule has 0 spiro atoms. The lowest BCUT2D eigenvalue weighted by atomic mass is 10.2. The second kappa shape index (κ2) is 6.87. The summed E-state index contributed by atoms with van der Waals surface area (Å²) in [5, 5.41) is 11.4. The number of nitrogens with one attached hydrogen (secondary N) is 1. The number of carbonyl (C=O) groups is 1. The molecule has 0 atom stereocenters. The minimum atomic E-state index is -0.192. The number of hydrogen-bond donors (Lipinski definition) is 1. The lowest BCUT2D eigenvalue weighted by molar-refractivity contribution is 0.102. The van der Waals surface area contributed by atoms with Gasteiger partial charge in [-0.1, -0.05) is 0 Å². The second-order valence-corrected chi connectivity index (χ2v) is 6.20. The standard InChI is InChI=1S/C20H18N6O/c1-14-12-15(2)26(24-14)19-9-6-17(13-21-19)23-20(27)16-4-7-18(8-5-16)25-11-3-10-22-25/h3-13H,1-2H3,(H,23,27). The number of pyridine rings is 1.